The van der Waals surface area contributed by atoms with E-state index in [2.05, 4.69) is 15.6 Å². The van der Waals surface area contributed by atoms with Gasteiger partial charge in [0.2, 0.25) is 0 Å². The summed E-state index contributed by atoms with van der Waals surface area (Å²) in [5.74, 6) is 0.0152. The summed E-state index contributed by atoms with van der Waals surface area (Å²) < 4.78 is 0. The molecule has 1 aromatic rings. The Bertz CT molecular complexity index is 398. The quantitative estimate of drug-likeness (QED) is 0.578. The van der Waals surface area contributed by atoms with Crippen molar-refractivity contribution in [2.75, 3.05) is 13.1 Å². The number of aromatic nitrogens is 1. The van der Waals surface area contributed by atoms with Gasteiger partial charge in [0, 0.05) is 31.0 Å². The summed E-state index contributed by atoms with van der Waals surface area (Å²) in [4.78, 5) is 14.9. The standard InChI is InChI=1S/C15H25N3O.ClH/c1-12-14(8-9-16-12)15(19)18-11-10-17-13-6-4-2-3-5-7-13;/h8-9,13,16-17H,2-7,10-11H2,1H3,(H,18,19);1H. The van der Waals surface area contributed by atoms with Gasteiger partial charge in [-0.1, -0.05) is 25.7 Å². The molecule has 0 aliphatic heterocycles. The van der Waals surface area contributed by atoms with Gasteiger partial charge in [-0.3, -0.25) is 4.79 Å². The van der Waals surface area contributed by atoms with Gasteiger partial charge in [-0.2, -0.15) is 0 Å². The highest BCUT2D eigenvalue weighted by Gasteiger charge is 2.12. The number of H-pyrrole nitrogens is 1. The molecule has 0 spiro atoms. The van der Waals surface area contributed by atoms with Gasteiger partial charge in [-0.05, 0) is 25.8 Å². The van der Waals surface area contributed by atoms with Crippen LogP contribution in [0.2, 0.25) is 0 Å². The Kier molecular flexibility index (Phi) is 7.70. The van der Waals surface area contributed by atoms with E-state index < -0.39 is 0 Å². The number of nitrogens with one attached hydrogen (secondary N) is 3. The van der Waals surface area contributed by atoms with E-state index in [-0.39, 0.29) is 18.3 Å². The first kappa shape index (κ1) is 17.1. The minimum absolute atomic E-state index is 0. The van der Waals surface area contributed by atoms with Gasteiger partial charge in [-0.25, -0.2) is 0 Å². The van der Waals surface area contributed by atoms with Crippen molar-refractivity contribution in [3.63, 3.8) is 0 Å². The van der Waals surface area contributed by atoms with Crippen LogP contribution in [-0.2, 0) is 0 Å². The second-order valence-electron chi connectivity index (χ2n) is 5.41. The first-order valence-corrected chi connectivity index (χ1v) is 7.43. The third-order valence-electron chi connectivity index (χ3n) is 3.90. The van der Waals surface area contributed by atoms with Crippen molar-refractivity contribution in [2.24, 2.45) is 0 Å². The predicted octanol–water partition coefficient (Wildman–Crippen LogP) is 2.79. The lowest BCUT2D eigenvalue weighted by Gasteiger charge is -2.16. The molecule has 1 saturated carbocycles. The van der Waals surface area contributed by atoms with Crippen LogP contribution >= 0.6 is 12.4 Å². The monoisotopic (exact) mass is 299 g/mol. The highest BCUT2D eigenvalue weighted by molar-refractivity contribution is 5.95. The summed E-state index contributed by atoms with van der Waals surface area (Å²) in [6.45, 7) is 3.47. The second kappa shape index (κ2) is 9.03. The normalized spacial score (nSPS) is 16.2. The number of aromatic amines is 1. The zero-order valence-electron chi connectivity index (χ0n) is 12.2. The van der Waals surface area contributed by atoms with Gasteiger partial charge < -0.3 is 15.6 Å². The van der Waals surface area contributed by atoms with Crippen LogP contribution in [0.3, 0.4) is 0 Å². The Morgan fingerprint density at radius 2 is 1.95 bits per heavy atom. The highest BCUT2D eigenvalue weighted by Crippen LogP contribution is 2.16. The molecule has 0 unspecified atom stereocenters. The van der Waals surface area contributed by atoms with Crippen molar-refractivity contribution in [3.05, 3.63) is 23.5 Å². The number of aryl methyl sites for hydroxylation is 1. The van der Waals surface area contributed by atoms with Gasteiger partial charge in [0.25, 0.3) is 5.91 Å². The van der Waals surface area contributed by atoms with Crippen LogP contribution in [0.15, 0.2) is 12.3 Å². The molecule has 5 heteroatoms. The van der Waals surface area contributed by atoms with E-state index >= 15 is 0 Å². The van der Waals surface area contributed by atoms with Crippen molar-refractivity contribution in [1.29, 1.82) is 0 Å². The van der Waals surface area contributed by atoms with E-state index in [0.717, 1.165) is 17.8 Å². The lowest BCUT2D eigenvalue weighted by Crippen LogP contribution is -2.36. The number of carbonyl (C=O) groups is 1. The minimum Gasteiger partial charge on any atom is -0.365 e. The molecular formula is C15H26ClN3O. The van der Waals surface area contributed by atoms with Gasteiger partial charge in [0.05, 0.1) is 5.56 Å². The van der Waals surface area contributed by atoms with E-state index in [1.807, 2.05) is 13.0 Å². The van der Waals surface area contributed by atoms with E-state index in [4.69, 9.17) is 0 Å². The molecule has 1 heterocycles. The van der Waals surface area contributed by atoms with Crippen LogP contribution in [0.1, 0.15) is 54.6 Å². The maximum Gasteiger partial charge on any atom is 0.253 e. The van der Waals surface area contributed by atoms with Crippen LogP contribution in [0.5, 0.6) is 0 Å². The molecule has 0 saturated heterocycles. The molecule has 20 heavy (non-hydrogen) atoms. The number of amides is 1. The second-order valence-corrected chi connectivity index (χ2v) is 5.41. The zero-order valence-corrected chi connectivity index (χ0v) is 13.0. The largest absolute Gasteiger partial charge is 0.365 e. The van der Waals surface area contributed by atoms with Gasteiger partial charge in [0.15, 0.2) is 0 Å². The molecule has 1 aliphatic carbocycles. The molecule has 0 radical (unpaired) electrons. The summed E-state index contributed by atoms with van der Waals surface area (Å²) in [6, 6.07) is 2.47. The summed E-state index contributed by atoms with van der Waals surface area (Å²) >= 11 is 0. The fraction of sp³-hybridized carbons (Fsp3) is 0.667. The molecule has 0 aromatic carbocycles. The molecule has 0 bridgehead atoms. The molecule has 1 aliphatic rings. The van der Waals surface area contributed by atoms with E-state index in [0.29, 0.717) is 12.6 Å². The minimum atomic E-state index is 0. The lowest BCUT2D eigenvalue weighted by molar-refractivity contribution is 0.0953. The maximum absolute atomic E-state index is 11.9. The highest BCUT2D eigenvalue weighted by atomic mass is 35.5. The Hall–Kier alpha value is -1.00. The molecule has 3 N–H and O–H groups in total. The van der Waals surface area contributed by atoms with Crippen LogP contribution in [0, 0.1) is 6.92 Å². The summed E-state index contributed by atoms with van der Waals surface area (Å²) in [5.41, 5.74) is 1.67. The number of rotatable bonds is 5. The van der Waals surface area contributed by atoms with Crippen molar-refractivity contribution >= 4 is 18.3 Å². The summed E-state index contributed by atoms with van der Waals surface area (Å²) in [7, 11) is 0. The van der Waals surface area contributed by atoms with Crippen molar-refractivity contribution < 1.29 is 4.79 Å². The molecule has 114 valence electrons. The number of hydrogen-bond acceptors (Lipinski definition) is 2. The third kappa shape index (κ3) is 5.17. The summed E-state index contributed by atoms with van der Waals surface area (Å²) in [6.07, 6.45) is 9.80. The van der Waals surface area contributed by atoms with E-state index in [1.165, 1.54) is 38.5 Å². The summed E-state index contributed by atoms with van der Waals surface area (Å²) in [5, 5.41) is 6.51. The number of halogens is 1. The van der Waals surface area contributed by atoms with Crippen molar-refractivity contribution in [2.45, 2.75) is 51.5 Å². The SMILES string of the molecule is Cc1[nH]ccc1C(=O)NCCNC1CCCCCC1.Cl. The van der Waals surface area contributed by atoms with E-state index in [9.17, 15) is 4.79 Å². The average Bonchev–Trinajstić information content (AvgIpc) is 2.68. The van der Waals surface area contributed by atoms with Crippen LogP contribution < -0.4 is 10.6 Å². The van der Waals surface area contributed by atoms with Crippen molar-refractivity contribution in [1.82, 2.24) is 15.6 Å². The van der Waals surface area contributed by atoms with Crippen LogP contribution in [0.25, 0.3) is 0 Å². The van der Waals surface area contributed by atoms with Crippen molar-refractivity contribution in [3.8, 4) is 0 Å². The maximum atomic E-state index is 11.9. The van der Waals surface area contributed by atoms with E-state index in [1.54, 1.807) is 6.20 Å². The van der Waals surface area contributed by atoms with Crippen LogP contribution in [0.4, 0.5) is 0 Å². The molecule has 1 fully saturated rings. The number of hydrogen-bond donors (Lipinski definition) is 3. The van der Waals surface area contributed by atoms with Gasteiger partial charge in [0.1, 0.15) is 0 Å². The molecule has 4 nitrogen and oxygen atoms in total. The first-order chi connectivity index (χ1) is 9.27. The molecule has 1 aromatic heterocycles. The fourth-order valence-electron chi connectivity index (χ4n) is 2.73. The number of carbonyl (C=O) groups excluding carboxylic acids is 1. The van der Waals surface area contributed by atoms with Crippen LogP contribution in [-0.4, -0.2) is 30.0 Å². The topological polar surface area (TPSA) is 56.9 Å². The molecule has 2 rings (SSSR count). The zero-order chi connectivity index (χ0) is 13.5. The lowest BCUT2D eigenvalue weighted by atomic mass is 10.1. The Labute approximate surface area is 127 Å². The van der Waals surface area contributed by atoms with Gasteiger partial charge >= 0.3 is 0 Å². The van der Waals surface area contributed by atoms with Gasteiger partial charge in [-0.15, -0.1) is 12.4 Å². The Morgan fingerprint density at radius 3 is 2.55 bits per heavy atom. The fourth-order valence-corrected chi connectivity index (χ4v) is 2.73. The molecule has 1 amide bonds. The average molecular weight is 300 g/mol. The Morgan fingerprint density at radius 1 is 1.25 bits per heavy atom. The predicted molar refractivity (Wildman–Crippen MR) is 84.6 cm³/mol. The molecular weight excluding hydrogens is 274 g/mol. The third-order valence-corrected chi connectivity index (χ3v) is 3.90. The molecule has 0 atom stereocenters. The smallest absolute Gasteiger partial charge is 0.253 e. The first-order valence-electron chi connectivity index (χ1n) is 7.43. The Balaban J connectivity index is 0.00000200.